The maximum atomic E-state index is 5.61. The van der Waals surface area contributed by atoms with Crippen LogP contribution in [-0.4, -0.2) is 152 Å². The third-order valence-electron chi connectivity index (χ3n) is 6.66. The lowest BCUT2D eigenvalue weighted by atomic mass is 10.1. The first-order valence-corrected chi connectivity index (χ1v) is 17.4. The first-order valence-electron chi connectivity index (χ1n) is 17.4. The average molecular weight is 655 g/mol. The van der Waals surface area contributed by atoms with Gasteiger partial charge in [0.15, 0.2) is 6.29 Å². The van der Waals surface area contributed by atoms with E-state index in [2.05, 4.69) is 6.92 Å². The summed E-state index contributed by atoms with van der Waals surface area (Å²) < 4.78 is 66.2. The van der Waals surface area contributed by atoms with Crippen molar-refractivity contribution in [3.05, 3.63) is 0 Å². The van der Waals surface area contributed by atoms with Crippen LogP contribution in [-0.2, 0) is 56.8 Å². The van der Waals surface area contributed by atoms with E-state index in [-0.39, 0.29) is 6.29 Å². The Hall–Kier alpha value is -0.480. The molecular formula is C33H66O12. The quantitative estimate of drug-likeness (QED) is 0.0896. The van der Waals surface area contributed by atoms with Gasteiger partial charge >= 0.3 is 0 Å². The highest BCUT2D eigenvalue weighted by molar-refractivity contribution is 4.53. The van der Waals surface area contributed by atoms with E-state index < -0.39 is 0 Å². The lowest BCUT2D eigenvalue weighted by Gasteiger charge is -2.22. The highest BCUT2D eigenvalue weighted by Crippen LogP contribution is 2.13. The van der Waals surface area contributed by atoms with Gasteiger partial charge in [0.1, 0.15) is 0 Å². The molecule has 0 amide bonds. The molecule has 0 radical (unpaired) electrons. The maximum absolute atomic E-state index is 5.61. The van der Waals surface area contributed by atoms with Crippen LogP contribution in [0.1, 0.15) is 64.7 Å². The van der Waals surface area contributed by atoms with Crippen molar-refractivity contribution in [3.63, 3.8) is 0 Å². The molecule has 0 aromatic heterocycles. The normalized spacial score (nSPS) is 15.3. The molecule has 0 saturated carbocycles. The minimum atomic E-state index is -0.0621. The molecule has 0 N–H and O–H groups in total. The predicted octanol–water partition coefficient (Wildman–Crippen LogP) is 4.06. The first-order chi connectivity index (χ1) is 22.4. The molecule has 1 aliphatic heterocycles. The Morgan fingerprint density at radius 3 is 1.07 bits per heavy atom. The van der Waals surface area contributed by atoms with E-state index in [4.69, 9.17) is 56.8 Å². The number of hydrogen-bond donors (Lipinski definition) is 0. The molecule has 0 bridgehead atoms. The van der Waals surface area contributed by atoms with Gasteiger partial charge in [-0.05, 0) is 25.7 Å². The van der Waals surface area contributed by atoms with Crippen molar-refractivity contribution in [2.45, 2.75) is 71.0 Å². The highest BCUT2D eigenvalue weighted by atomic mass is 16.7. The SMILES string of the molecule is CCCCCCCCOCCOCCOCCOCCOCCOCCOCCOCCOCCOCCOC1CCCCO1. The monoisotopic (exact) mass is 654 g/mol. The minimum Gasteiger partial charge on any atom is -0.379 e. The molecule has 45 heavy (non-hydrogen) atoms. The second kappa shape index (κ2) is 38.0. The van der Waals surface area contributed by atoms with E-state index in [0.29, 0.717) is 132 Å². The van der Waals surface area contributed by atoms with Crippen molar-refractivity contribution < 1.29 is 56.8 Å². The second-order valence-electron chi connectivity index (χ2n) is 10.6. The Morgan fingerprint density at radius 2 is 0.711 bits per heavy atom. The summed E-state index contributed by atoms with van der Waals surface area (Å²) in [5.41, 5.74) is 0. The molecule has 1 saturated heterocycles. The van der Waals surface area contributed by atoms with Crippen molar-refractivity contribution in [2.75, 3.05) is 145 Å². The van der Waals surface area contributed by atoms with Crippen LogP contribution in [0.4, 0.5) is 0 Å². The molecule has 0 aromatic carbocycles. The third kappa shape index (κ3) is 34.7. The Bertz CT molecular complexity index is 540. The number of unbranched alkanes of at least 4 members (excludes halogenated alkanes) is 5. The van der Waals surface area contributed by atoms with Gasteiger partial charge in [0.05, 0.1) is 132 Å². The van der Waals surface area contributed by atoms with Gasteiger partial charge in [-0.25, -0.2) is 0 Å². The van der Waals surface area contributed by atoms with Gasteiger partial charge in [0.2, 0.25) is 0 Å². The molecule has 0 aromatic rings. The Morgan fingerprint density at radius 1 is 0.378 bits per heavy atom. The van der Waals surface area contributed by atoms with Crippen molar-refractivity contribution in [2.24, 2.45) is 0 Å². The minimum absolute atomic E-state index is 0.0621. The largest absolute Gasteiger partial charge is 0.379 e. The Labute approximate surface area is 273 Å². The van der Waals surface area contributed by atoms with Gasteiger partial charge < -0.3 is 56.8 Å². The van der Waals surface area contributed by atoms with Gasteiger partial charge in [0, 0.05) is 13.2 Å². The summed E-state index contributed by atoms with van der Waals surface area (Å²) in [6.45, 7) is 14.8. The molecule has 1 aliphatic rings. The number of rotatable bonds is 38. The summed E-state index contributed by atoms with van der Waals surface area (Å²) >= 11 is 0. The highest BCUT2D eigenvalue weighted by Gasteiger charge is 2.13. The Kier molecular flexibility index (Phi) is 35.9. The van der Waals surface area contributed by atoms with Crippen LogP contribution in [0.15, 0.2) is 0 Å². The molecule has 0 spiro atoms. The van der Waals surface area contributed by atoms with Gasteiger partial charge in [-0.15, -0.1) is 0 Å². The first kappa shape index (κ1) is 42.5. The fourth-order valence-corrected chi connectivity index (χ4v) is 4.15. The number of hydrogen-bond acceptors (Lipinski definition) is 12. The van der Waals surface area contributed by atoms with Crippen LogP contribution >= 0.6 is 0 Å². The smallest absolute Gasteiger partial charge is 0.157 e. The fraction of sp³-hybridized carbons (Fsp3) is 1.00. The summed E-state index contributed by atoms with van der Waals surface area (Å²) in [6, 6.07) is 0. The predicted molar refractivity (Wildman–Crippen MR) is 171 cm³/mol. The Balaban J connectivity index is 1.60. The van der Waals surface area contributed by atoms with Gasteiger partial charge in [0.25, 0.3) is 0 Å². The van der Waals surface area contributed by atoms with Crippen LogP contribution in [0.25, 0.3) is 0 Å². The zero-order valence-electron chi connectivity index (χ0n) is 28.4. The number of ether oxygens (including phenoxy) is 12. The van der Waals surface area contributed by atoms with Gasteiger partial charge in [-0.2, -0.15) is 0 Å². The summed E-state index contributed by atoms with van der Waals surface area (Å²) in [5.74, 6) is 0. The van der Waals surface area contributed by atoms with Crippen LogP contribution in [0, 0.1) is 0 Å². The fourth-order valence-electron chi connectivity index (χ4n) is 4.15. The molecule has 0 aliphatic carbocycles. The lowest BCUT2D eigenvalue weighted by Crippen LogP contribution is -2.24. The van der Waals surface area contributed by atoms with Crippen molar-refractivity contribution in [1.29, 1.82) is 0 Å². The molecule has 1 unspecified atom stereocenters. The van der Waals surface area contributed by atoms with E-state index in [1.54, 1.807) is 0 Å². The molecule has 12 heteroatoms. The zero-order valence-corrected chi connectivity index (χ0v) is 28.4. The topological polar surface area (TPSA) is 111 Å². The van der Waals surface area contributed by atoms with E-state index in [1.165, 1.54) is 38.5 Å². The van der Waals surface area contributed by atoms with Crippen LogP contribution in [0.5, 0.6) is 0 Å². The molecule has 1 rings (SSSR count). The zero-order chi connectivity index (χ0) is 32.0. The molecule has 1 atom stereocenters. The van der Waals surface area contributed by atoms with Gasteiger partial charge in [-0.1, -0.05) is 39.0 Å². The molecule has 270 valence electrons. The van der Waals surface area contributed by atoms with Crippen molar-refractivity contribution in [1.82, 2.24) is 0 Å². The van der Waals surface area contributed by atoms with Crippen LogP contribution in [0.3, 0.4) is 0 Å². The van der Waals surface area contributed by atoms with Gasteiger partial charge in [-0.3, -0.25) is 0 Å². The molecule has 12 nitrogen and oxygen atoms in total. The van der Waals surface area contributed by atoms with E-state index in [0.717, 1.165) is 32.5 Å². The van der Waals surface area contributed by atoms with E-state index >= 15 is 0 Å². The maximum Gasteiger partial charge on any atom is 0.157 e. The summed E-state index contributed by atoms with van der Waals surface area (Å²) in [6.07, 6.45) is 10.9. The van der Waals surface area contributed by atoms with E-state index in [9.17, 15) is 0 Å². The van der Waals surface area contributed by atoms with Crippen molar-refractivity contribution >= 4 is 0 Å². The lowest BCUT2D eigenvalue weighted by molar-refractivity contribution is -0.169. The average Bonchev–Trinajstić information content (AvgIpc) is 3.06. The summed E-state index contributed by atoms with van der Waals surface area (Å²) in [4.78, 5) is 0. The van der Waals surface area contributed by atoms with Crippen molar-refractivity contribution in [3.8, 4) is 0 Å². The van der Waals surface area contributed by atoms with Crippen LogP contribution in [0.2, 0.25) is 0 Å². The van der Waals surface area contributed by atoms with E-state index in [1.807, 2.05) is 0 Å². The van der Waals surface area contributed by atoms with Crippen LogP contribution < -0.4 is 0 Å². The summed E-state index contributed by atoms with van der Waals surface area (Å²) in [7, 11) is 0. The summed E-state index contributed by atoms with van der Waals surface area (Å²) in [5, 5.41) is 0. The third-order valence-corrected chi connectivity index (χ3v) is 6.66. The molecule has 1 heterocycles. The molecule has 1 fully saturated rings. The molecular weight excluding hydrogens is 588 g/mol. The standard InChI is InChI=1S/C33H66O12/c1-2-3-4-5-6-8-11-34-13-14-35-15-16-36-17-18-37-19-20-38-21-22-39-23-24-40-25-26-41-27-28-42-29-30-43-31-32-45-33-10-7-9-12-44-33/h33H,2-32H2,1H3. The second-order valence-corrected chi connectivity index (χ2v) is 10.6.